The van der Waals surface area contributed by atoms with E-state index in [2.05, 4.69) is 4.72 Å². The molecule has 0 aliphatic carbocycles. The molecule has 4 N–H and O–H groups in total. The lowest BCUT2D eigenvalue weighted by atomic mass is 10.7. The SMILES string of the molecule is O=S(O)NCCNO. The summed E-state index contributed by atoms with van der Waals surface area (Å²) in [5.74, 6) is 0. The van der Waals surface area contributed by atoms with Crippen LogP contribution in [0.4, 0.5) is 0 Å². The molecule has 0 saturated heterocycles. The van der Waals surface area contributed by atoms with E-state index >= 15 is 0 Å². The fourth-order valence-corrected chi connectivity index (χ4v) is 0.471. The van der Waals surface area contributed by atoms with Gasteiger partial charge in [-0.2, -0.15) is 0 Å². The van der Waals surface area contributed by atoms with Gasteiger partial charge in [0.2, 0.25) is 11.3 Å². The first-order chi connectivity index (χ1) is 3.77. The van der Waals surface area contributed by atoms with Crippen LogP contribution in [0.1, 0.15) is 0 Å². The predicted molar refractivity (Wildman–Crippen MR) is 28.6 cm³/mol. The van der Waals surface area contributed by atoms with Crippen LogP contribution < -0.4 is 10.2 Å². The van der Waals surface area contributed by atoms with E-state index in [4.69, 9.17) is 9.76 Å². The molecule has 0 aromatic rings. The Morgan fingerprint density at radius 1 is 1.50 bits per heavy atom. The lowest BCUT2D eigenvalue weighted by molar-refractivity contribution is 0.169. The van der Waals surface area contributed by atoms with Gasteiger partial charge in [0, 0.05) is 13.1 Å². The summed E-state index contributed by atoms with van der Waals surface area (Å²) in [4.78, 5) is 0. The minimum absolute atomic E-state index is 0.256. The predicted octanol–water partition coefficient (Wildman–Crippen LogP) is -1.31. The third-order valence-electron chi connectivity index (χ3n) is 0.462. The average molecular weight is 140 g/mol. The molecule has 0 radical (unpaired) electrons. The fraction of sp³-hybridized carbons (Fsp3) is 1.00. The standard InChI is InChI=1S/C2H8N2O3S/c5-3-1-2-4-8(6)7/h3-5H,1-2H2,(H,6,7). The molecule has 0 aromatic heterocycles. The molecule has 0 aliphatic rings. The molecular weight excluding hydrogens is 132 g/mol. The molecule has 6 heteroatoms. The van der Waals surface area contributed by atoms with Gasteiger partial charge in [0.25, 0.3) is 0 Å². The van der Waals surface area contributed by atoms with Crippen molar-refractivity contribution in [3.63, 3.8) is 0 Å². The van der Waals surface area contributed by atoms with Crippen LogP contribution >= 0.6 is 0 Å². The maximum atomic E-state index is 9.76. The highest BCUT2D eigenvalue weighted by Crippen LogP contribution is 1.59. The Morgan fingerprint density at radius 2 is 2.12 bits per heavy atom. The van der Waals surface area contributed by atoms with Gasteiger partial charge in [-0.05, 0) is 0 Å². The smallest absolute Gasteiger partial charge is 0.231 e. The largest absolute Gasteiger partial charge is 0.317 e. The molecule has 0 rings (SSSR count). The van der Waals surface area contributed by atoms with Gasteiger partial charge in [-0.3, -0.25) is 4.55 Å². The highest BCUT2D eigenvalue weighted by atomic mass is 32.2. The van der Waals surface area contributed by atoms with Crippen molar-refractivity contribution in [2.45, 2.75) is 0 Å². The second-order valence-electron chi connectivity index (χ2n) is 1.05. The van der Waals surface area contributed by atoms with Crippen LogP contribution in [0.15, 0.2) is 0 Å². The van der Waals surface area contributed by atoms with E-state index in [0.29, 0.717) is 0 Å². The fourth-order valence-electron chi connectivity index (χ4n) is 0.194. The van der Waals surface area contributed by atoms with Crippen molar-refractivity contribution < 1.29 is 14.0 Å². The molecule has 0 spiro atoms. The Kier molecular flexibility index (Phi) is 5.13. The number of nitrogens with one attached hydrogen (secondary N) is 2. The second-order valence-corrected chi connectivity index (χ2v) is 1.84. The molecule has 0 aliphatic heterocycles. The van der Waals surface area contributed by atoms with Crippen molar-refractivity contribution in [2.75, 3.05) is 13.1 Å². The molecular formula is C2H8N2O3S. The summed E-state index contributed by atoms with van der Waals surface area (Å²) in [7, 11) is 0. The molecule has 0 aromatic carbocycles. The first kappa shape index (κ1) is 7.99. The van der Waals surface area contributed by atoms with Crippen LogP contribution in [0, 0.1) is 0 Å². The van der Waals surface area contributed by atoms with E-state index in [1.54, 1.807) is 0 Å². The highest BCUT2D eigenvalue weighted by molar-refractivity contribution is 7.77. The Labute approximate surface area is 49.5 Å². The lowest BCUT2D eigenvalue weighted by Gasteiger charge is -1.94. The van der Waals surface area contributed by atoms with Crippen molar-refractivity contribution >= 4 is 11.3 Å². The van der Waals surface area contributed by atoms with E-state index < -0.39 is 11.3 Å². The van der Waals surface area contributed by atoms with Crippen molar-refractivity contribution in [1.29, 1.82) is 0 Å². The molecule has 5 nitrogen and oxygen atoms in total. The van der Waals surface area contributed by atoms with E-state index in [-0.39, 0.29) is 13.1 Å². The third kappa shape index (κ3) is 5.99. The molecule has 0 heterocycles. The van der Waals surface area contributed by atoms with Crippen LogP contribution in [0.3, 0.4) is 0 Å². The quantitative estimate of drug-likeness (QED) is 0.222. The van der Waals surface area contributed by atoms with Gasteiger partial charge in [-0.25, -0.2) is 14.4 Å². The average Bonchev–Trinajstić information content (AvgIpc) is 1.66. The van der Waals surface area contributed by atoms with Crippen molar-refractivity contribution in [2.24, 2.45) is 0 Å². The summed E-state index contributed by atoms with van der Waals surface area (Å²) in [5.41, 5.74) is 1.82. The summed E-state index contributed by atoms with van der Waals surface area (Å²) < 4.78 is 19.9. The van der Waals surface area contributed by atoms with Gasteiger partial charge in [-0.1, -0.05) is 0 Å². The van der Waals surface area contributed by atoms with E-state index in [1.165, 1.54) is 0 Å². The summed E-state index contributed by atoms with van der Waals surface area (Å²) >= 11 is -1.97. The Balaban J connectivity index is 2.82. The Morgan fingerprint density at radius 3 is 2.50 bits per heavy atom. The first-order valence-corrected chi connectivity index (χ1v) is 3.09. The van der Waals surface area contributed by atoms with E-state index in [0.717, 1.165) is 0 Å². The summed E-state index contributed by atoms with van der Waals surface area (Å²) in [5, 5.41) is 7.91. The van der Waals surface area contributed by atoms with Crippen LogP contribution in [0.5, 0.6) is 0 Å². The van der Waals surface area contributed by atoms with Crippen LogP contribution in [0.25, 0.3) is 0 Å². The molecule has 50 valence electrons. The van der Waals surface area contributed by atoms with E-state index in [1.807, 2.05) is 5.48 Å². The van der Waals surface area contributed by atoms with Gasteiger partial charge in [-0.15, -0.1) is 0 Å². The van der Waals surface area contributed by atoms with Gasteiger partial charge in [0.1, 0.15) is 0 Å². The minimum atomic E-state index is -1.97. The van der Waals surface area contributed by atoms with Gasteiger partial charge in [0.15, 0.2) is 0 Å². The maximum absolute atomic E-state index is 9.76. The van der Waals surface area contributed by atoms with Crippen molar-refractivity contribution in [3.8, 4) is 0 Å². The number of hydrogen-bond acceptors (Lipinski definition) is 3. The molecule has 1 atom stereocenters. The third-order valence-corrected chi connectivity index (χ3v) is 0.913. The zero-order valence-electron chi connectivity index (χ0n) is 4.13. The number of rotatable bonds is 4. The second kappa shape index (κ2) is 5.13. The van der Waals surface area contributed by atoms with Gasteiger partial charge in [0.05, 0.1) is 0 Å². The van der Waals surface area contributed by atoms with Gasteiger partial charge < -0.3 is 5.21 Å². The maximum Gasteiger partial charge on any atom is 0.231 e. The Bertz CT molecular complexity index is 77.7. The normalized spacial score (nSPS) is 13.8. The zero-order valence-corrected chi connectivity index (χ0v) is 4.94. The minimum Gasteiger partial charge on any atom is -0.317 e. The molecule has 0 saturated carbocycles. The summed E-state index contributed by atoms with van der Waals surface area (Å²) in [6.07, 6.45) is 0. The number of hydrogen-bond donors (Lipinski definition) is 4. The first-order valence-electron chi connectivity index (χ1n) is 1.98. The summed E-state index contributed by atoms with van der Waals surface area (Å²) in [6, 6.07) is 0. The van der Waals surface area contributed by atoms with Crippen molar-refractivity contribution in [3.05, 3.63) is 0 Å². The summed E-state index contributed by atoms with van der Waals surface area (Å²) in [6.45, 7) is 0.520. The topological polar surface area (TPSA) is 81.6 Å². The van der Waals surface area contributed by atoms with Gasteiger partial charge >= 0.3 is 0 Å². The molecule has 0 amide bonds. The zero-order chi connectivity index (χ0) is 6.41. The Hall–Kier alpha value is -0.0100. The van der Waals surface area contributed by atoms with Crippen LogP contribution in [-0.2, 0) is 11.3 Å². The monoisotopic (exact) mass is 140 g/mol. The number of hydroxylamine groups is 1. The molecule has 1 unspecified atom stereocenters. The van der Waals surface area contributed by atoms with Crippen LogP contribution in [0.2, 0.25) is 0 Å². The van der Waals surface area contributed by atoms with Crippen LogP contribution in [-0.4, -0.2) is 27.1 Å². The van der Waals surface area contributed by atoms with E-state index in [9.17, 15) is 4.21 Å². The van der Waals surface area contributed by atoms with Crippen molar-refractivity contribution in [1.82, 2.24) is 10.2 Å². The molecule has 0 bridgehead atoms. The molecule has 0 fully saturated rings. The lowest BCUT2D eigenvalue weighted by Crippen LogP contribution is -2.26. The highest BCUT2D eigenvalue weighted by Gasteiger charge is 1.87. The molecule has 8 heavy (non-hydrogen) atoms.